The molecule has 0 amide bonds. The summed E-state index contributed by atoms with van der Waals surface area (Å²) in [5, 5.41) is 14.2. The van der Waals surface area contributed by atoms with Crippen LogP contribution in [-0.4, -0.2) is 29.2 Å². The zero-order chi connectivity index (χ0) is 18.9. The Kier molecular flexibility index (Phi) is 4.76. The van der Waals surface area contributed by atoms with E-state index in [1.165, 1.54) is 6.92 Å². The fraction of sp³-hybridized carbons (Fsp3) is 0.400. The van der Waals surface area contributed by atoms with Crippen molar-refractivity contribution in [3.8, 4) is 11.5 Å². The SMILES string of the molecule is CC(=O)Oc1c(NC(C)(C)CC(=O)O)c2c(c3ccccc13)OCCC2. The average Bonchev–Trinajstić information content (AvgIpc) is 2.56. The third kappa shape index (κ3) is 3.59. The Balaban J connectivity index is 2.24. The Labute approximate surface area is 152 Å². The van der Waals surface area contributed by atoms with Crippen LogP contribution in [0.2, 0.25) is 0 Å². The minimum Gasteiger partial charge on any atom is -0.493 e. The number of ether oxygens (including phenoxy) is 2. The van der Waals surface area contributed by atoms with Crippen LogP contribution < -0.4 is 14.8 Å². The maximum absolute atomic E-state index is 11.7. The van der Waals surface area contributed by atoms with Crippen LogP contribution in [0.1, 0.15) is 39.2 Å². The average molecular weight is 357 g/mol. The predicted molar refractivity (Wildman–Crippen MR) is 99.0 cm³/mol. The highest BCUT2D eigenvalue weighted by molar-refractivity contribution is 6.01. The molecule has 138 valence electrons. The number of benzene rings is 2. The lowest BCUT2D eigenvalue weighted by molar-refractivity contribution is -0.138. The number of esters is 1. The van der Waals surface area contributed by atoms with Crippen molar-refractivity contribution in [3.63, 3.8) is 0 Å². The highest BCUT2D eigenvalue weighted by Crippen LogP contribution is 2.47. The number of aliphatic carboxylic acids is 1. The van der Waals surface area contributed by atoms with Crippen molar-refractivity contribution < 1.29 is 24.2 Å². The molecule has 2 N–H and O–H groups in total. The first-order chi connectivity index (χ1) is 12.3. The van der Waals surface area contributed by atoms with Gasteiger partial charge in [0.15, 0.2) is 5.75 Å². The quantitative estimate of drug-likeness (QED) is 0.626. The van der Waals surface area contributed by atoms with Gasteiger partial charge in [0.1, 0.15) is 5.75 Å². The van der Waals surface area contributed by atoms with Gasteiger partial charge in [-0.3, -0.25) is 9.59 Å². The minimum absolute atomic E-state index is 0.0744. The number of rotatable bonds is 5. The normalized spacial score (nSPS) is 13.7. The monoisotopic (exact) mass is 357 g/mol. The lowest BCUT2D eigenvalue weighted by Gasteiger charge is -2.31. The number of carbonyl (C=O) groups excluding carboxylic acids is 1. The highest BCUT2D eigenvalue weighted by Gasteiger charge is 2.29. The van der Waals surface area contributed by atoms with Crippen LogP contribution in [0.25, 0.3) is 10.8 Å². The van der Waals surface area contributed by atoms with Crippen molar-refractivity contribution in [1.29, 1.82) is 0 Å². The zero-order valence-corrected chi connectivity index (χ0v) is 15.2. The molecular weight excluding hydrogens is 334 g/mol. The molecule has 1 aliphatic rings. The molecule has 1 aliphatic heterocycles. The summed E-state index contributed by atoms with van der Waals surface area (Å²) >= 11 is 0. The van der Waals surface area contributed by atoms with E-state index < -0.39 is 17.5 Å². The molecule has 0 radical (unpaired) electrons. The topological polar surface area (TPSA) is 84.9 Å². The van der Waals surface area contributed by atoms with E-state index in [0.717, 1.165) is 34.9 Å². The van der Waals surface area contributed by atoms with E-state index in [0.29, 0.717) is 18.0 Å². The molecule has 2 aromatic rings. The first-order valence-electron chi connectivity index (χ1n) is 8.67. The molecule has 6 heteroatoms. The van der Waals surface area contributed by atoms with Gasteiger partial charge in [-0.1, -0.05) is 24.3 Å². The molecule has 0 atom stereocenters. The molecule has 0 saturated heterocycles. The Morgan fingerprint density at radius 1 is 1.27 bits per heavy atom. The van der Waals surface area contributed by atoms with Crippen molar-refractivity contribution in [2.24, 2.45) is 0 Å². The van der Waals surface area contributed by atoms with Gasteiger partial charge in [0.2, 0.25) is 0 Å². The lowest BCUT2D eigenvalue weighted by atomic mass is 9.94. The maximum atomic E-state index is 11.7. The van der Waals surface area contributed by atoms with Crippen LogP contribution in [0.4, 0.5) is 5.69 Å². The summed E-state index contributed by atoms with van der Waals surface area (Å²) in [6, 6.07) is 7.61. The van der Waals surface area contributed by atoms with Gasteiger partial charge in [0.25, 0.3) is 0 Å². The Hall–Kier alpha value is -2.76. The number of anilines is 1. The van der Waals surface area contributed by atoms with E-state index in [1.54, 1.807) is 0 Å². The van der Waals surface area contributed by atoms with Crippen molar-refractivity contribution in [2.45, 2.75) is 45.6 Å². The molecule has 26 heavy (non-hydrogen) atoms. The standard InChI is InChI=1S/C20H23NO5/c1-12(22)26-19-14-8-5-4-7-13(14)18-15(9-6-10-25-18)17(19)21-20(2,3)11-16(23)24/h4-5,7-8,21H,6,9-11H2,1-3H3,(H,23,24). The fourth-order valence-corrected chi connectivity index (χ4v) is 3.40. The molecule has 0 unspecified atom stereocenters. The van der Waals surface area contributed by atoms with Gasteiger partial charge in [0, 0.05) is 28.8 Å². The second kappa shape index (κ2) is 6.86. The Bertz CT molecular complexity index is 872. The lowest BCUT2D eigenvalue weighted by Crippen LogP contribution is -2.34. The van der Waals surface area contributed by atoms with E-state index >= 15 is 0 Å². The summed E-state index contributed by atoms with van der Waals surface area (Å²) in [5.41, 5.74) is 0.832. The minimum atomic E-state index is -0.901. The van der Waals surface area contributed by atoms with Crippen molar-refractivity contribution in [1.82, 2.24) is 0 Å². The second-order valence-electron chi connectivity index (χ2n) is 7.18. The predicted octanol–water partition coefficient (Wildman–Crippen LogP) is 3.76. The van der Waals surface area contributed by atoms with Crippen molar-refractivity contribution >= 4 is 28.4 Å². The molecule has 2 aromatic carbocycles. The van der Waals surface area contributed by atoms with Crippen molar-refractivity contribution in [2.75, 3.05) is 11.9 Å². The summed E-state index contributed by atoms with van der Waals surface area (Å²) < 4.78 is 11.5. The molecule has 0 spiro atoms. The molecule has 0 bridgehead atoms. The molecule has 0 saturated carbocycles. The summed E-state index contributed by atoms with van der Waals surface area (Å²) in [6.07, 6.45) is 1.54. The van der Waals surface area contributed by atoms with Gasteiger partial charge in [-0.25, -0.2) is 0 Å². The number of hydrogen-bond donors (Lipinski definition) is 2. The van der Waals surface area contributed by atoms with E-state index in [4.69, 9.17) is 9.47 Å². The largest absolute Gasteiger partial charge is 0.493 e. The van der Waals surface area contributed by atoms with Gasteiger partial charge >= 0.3 is 11.9 Å². The van der Waals surface area contributed by atoms with Gasteiger partial charge in [0.05, 0.1) is 18.7 Å². The van der Waals surface area contributed by atoms with Crippen LogP contribution in [0.3, 0.4) is 0 Å². The summed E-state index contributed by atoms with van der Waals surface area (Å²) in [6.45, 7) is 5.60. The fourth-order valence-electron chi connectivity index (χ4n) is 3.40. The smallest absolute Gasteiger partial charge is 0.308 e. The van der Waals surface area contributed by atoms with Crippen LogP contribution in [0.15, 0.2) is 24.3 Å². The number of nitrogens with one attached hydrogen (secondary N) is 1. The van der Waals surface area contributed by atoms with Crippen LogP contribution in [0, 0.1) is 0 Å². The summed E-state index contributed by atoms with van der Waals surface area (Å²) in [4.78, 5) is 23.0. The third-order valence-corrected chi connectivity index (χ3v) is 4.34. The number of carboxylic acid groups (broad SMARTS) is 1. The Morgan fingerprint density at radius 3 is 2.62 bits per heavy atom. The van der Waals surface area contributed by atoms with Crippen molar-refractivity contribution in [3.05, 3.63) is 29.8 Å². The van der Waals surface area contributed by atoms with Gasteiger partial charge in [-0.2, -0.15) is 0 Å². The van der Waals surface area contributed by atoms with Gasteiger partial charge in [-0.05, 0) is 26.7 Å². The molecular formula is C20H23NO5. The van der Waals surface area contributed by atoms with E-state index in [-0.39, 0.29) is 6.42 Å². The zero-order valence-electron chi connectivity index (χ0n) is 15.2. The third-order valence-electron chi connectivity index (χ3n) is 4.34. The molecule has 0 aliphatic carbocycles. The second-order valence-corrected chi connectivity index (χ2v) is 7.18. The van der Waals surface area contributed by atoms with Crippen LogP contribution >= 0.6 is 0 Å². The first-order valence-corrected chi connectivity index (χ1v) is 8.67. The molecule has 0 aromatic heterocycles. The van der Waals surface area contributed by atoms with E-state index in [2.05, 4.69) is 5.32 Å². The van der Waals surface area contributed by atoms with Crippen LogP contribution in [0.5, 0.6) is 11.5 Å². The number of fused-ring (bicyclic) bond motifs is 3. The Morgan fingerprint density at radius 2 is 1.96 bits per heavy atom. The summed E-state index contributed by atoms with van der Waals surface area (Å²) in [7, 11) is 0. The van der Waals surface area contributed by atoms with Gasteiger partial charge in [-0.15, -0.1) is 0 Å². The highest BCUT2D eigenvalue weighted by atomic mass is 16.5. The van der Waals surface area contributed by atoms with E-state index in [1.807, 2.05) is 38.1 Å². The van der Waals surface area contributed by atoms with E-state index in [9.17, 15) is 14.7 Å². The number of carboxylic acids is 1. The molecule has 3 rings (SSSR count). The molecule has 1 heterocycles. The summed E-state index contributed by atoms with van der Waals surface area (Å²) in [5.74, 6) is -0.124. The molecule has 0 fully saturated rings. The van der Waals surface area contributed by atoms with Gasteiger partial charge < -0.3 is 19.9 Å². The molecule has 6 nitrogen and oxygen atoms in total. The number of hydrogen-bond acceptors (Lipinski definition) is 5. The number of carbonyl (C=O) groups is 2. The van der Waals surface area contributed by atoms with Crippen LogP contribution in [-0.2, 0) is 16.0 Å². The first kappa shape index (κ1) is 18.0. The maximum Gasteiger partial charge on any atom is 0.308 e.